The summed E-state index contributed by atoms with van der Waals surface area (Å²) < 4.78 is 6.38. The number of aryl methyl sites for hydroxylation is 1. The molecule has 3 rings (SSSR count). The third-order valence-corrected chi connectivity index (χ3v) is 3.38. The van der Waals surface area contributed by atoms with Gasteiger partial charge < -0.3 is 5.73 Å². The van der Waals surface area contributed by atoms with Gasteiger partial charge in [0, 0.05) is 11.9 Å². The van der Waals surface area contributed by atoms with Crippen LogP contribution in [0.15, 0.2) is 33.1 Å². The molecule has 2 N–H and O–H groups in total. The van der Waals surface area contributed by atoms with Crippen molar-refractivity contribution in [2.24, 2.45) is 7.05 Å². The summed E-state index contributed by atoms with van der Waals surface area (Å²) in [5.41, 5.74) is 7.52. The molecule has 0 saturated carbocycles. The molecule has 2 aromatic heterocycles. The maximum atomic E-state index is 5.77. The quantitative estimate of drug-likeness (QED) is 0.678. The van der Waals surface area contributed by atoms with E-state index >= 15 is 0 Å². The molecule has 0 amide bonds. The average Bonchev–Trinajstić information content (AvgIpc) is 2.93. The molecular formula is C9H8N6OS. The number of anilines is 1. The van der Waals surface area contributed by atoms with E-state index in [4.69, 9.17) is 10.4 Å². The molecule has 0 aliphatic rings. The zero-order chi connectivity index (χ0) is 11.8. The summed E-state index contributed by atoms with van der Waals surface area (Å²) in [6.07, 6.45) is 1.50. The van der Waals surface area contributed by atoms with Crippen molar-refractivity contribution < 1.29 is 4.63 Å². The van der Waals surface area contributed by atoms with Gasteiger partial charge in [-0.2, -0.15) is 5.10 Å². The van der Waals surface area contributed by atoms with Gasteiger partial charge in [0.15, 0.2) is 16.2 Å². The molecule has 0 atom stereocenters. The Hall–Kier alpha value is -2.09. The number of rotatable bonds is 2. The van der Waals surface area contributed by atoms with Gasteiger partial charge in [-0.05, 0) is 34.2 Å². The van der Waals surface area contributed by atoms with Gasteiger partial charge >= 0.3 is 0 Å². The van der Waals surface area contributed by atoms with Crippen LogP contribution in [0.4, 0.5) is 5.69 Å². The Bertz CT molecular complexity index is 675. The van der Waals surface area contributed by atoms with E-state index in [1.807, 2.05) is 13.1 Å². The van der Waals surface area contributed by atoms with Crippen LogP contribution in [-0.4, -0.2) is 25.1 Å². The fourth-order valence-corrected chi connectivity index (χ4v) is 2.26. The fourth-order valence-electron chi connectivity index (χ4n) is 1.42. The number of hydrogen-bond donors (Lipinski definition) is 1. The summed E-state index contributed by atoms with van der Waals surface area (Å²) in [5.74, 6) is 0. The molecule has 0 unspecified atom stereocenters. The third kappa shape index (κ3) is 1.62. The second-order valence-corrected chi connectivity index (χ2v) is 4.39. The highest BCUT2D eigenvalue weighted by Gasteiger charge is 2.13. The largest absolute Gasteiger partial charge is 0.397 e. The second-order valence-electron chi connectivity index (χ2n) is 3.38. The van der Waals surface area contributed by atoms with Gasteiger partial charge in [0.1, 0.15) is 6.33 Å². The molecule has 3 aromatic rings. The number of hydrogen-bond acceptors (Lipinski definition) is 7. The van der Waals surface area contributed by atoms with Crippen LogP contribution in [0.25, 0.3) is 11.0 Å². The summed E-state index contributed by atoms with van der Waals surface area (Å²) in [5, 5.41) is 12.4. The zero-order valence-corrected chi connectivity index (χ0v) is 9.68. The molecule has 0 saturated heterocycles. The summed E-state index contributed by atoms with van der Waals surface area (Å²) in [6, 6.07) is 3.63. The van der Waals surface area contributed by atoms with Crippen LogP contribution in [0, 0.1) is 0 Å². The highest BCUT2D eigenvalue weighted by atomic mass is 32.2. The van der Waals surface area contributed by atoms with E-state index in [1.165, 1.54) is 18.1 Å². The van der Waals surface area contributed by atoms with E-state index < -0.39 is 0 Å². The maximum Gasteiger partial charge on any atom is 0.190 e. The molecule has 2 heterocycles. The number of fused-ring (bicyclic) bond motifs is 1. The van der Waals surface area contributed by atoms with Crippen LogP contribution in [0.1, 0.15) is 0 Å². The molecular weight excluding hydrogens is 240 g/mol. The van der Waals surface area contributed by atoms with Crippen molar-refractivity contribution >= 4 is 28.5 Å². The van der Waals surface area contributed by atoms with Crippen molar-refractivity contribution in [3.8, 4) is 0 Å². The maximum absolute atomic E-state index is 5.77. The first kappa shape index (κ1) is 10.1. The average molecular weight is 248 g/mol. The molecule has 8 heteroatoms. The lowest BCUT2D eigenvalue weighted by Crippen LogP contribution is -1.93. The summed E-state index contributed by atoms with van der Waals surface area (Å²) in [7, 11) is 1.82. The Labute approximate surface area is 100.0 Å². The van der Waals surface area contributed by atoms with Crippen LogP contribution in [-0.2, 0) is 7.05 Å². The van der Waals surface area contributed by atoms with Gasteiger partial charge in [0.05, 0.1) is 5.69 Å². The number of nitrogen functional groups attached to an aromatic ring is 1. The first-order valence-electron chi connectivity index (χ1n) is 4.78. The molecule has 0 radical (unpaired) electrons. The number of aromatic nitrogens is 5. The zero-order valence-electron chi connectivity index (χ0n) is 8.86. The standard InChI is InChI=1S/C9H8N6OS/c1-15-9(11-4-12-15)17-6-3-2-5(10)7-8(6)14-16-13-7/h2-4H,10H2,1H3. The van der Waals surface area contributed by atoms with E-state index in [0.29, 0.717) is 16.7 Å². The highest BCUT2D eigenvalue weighted by molar-refractivity contribution is 7.99. The van der Waals surface area contributed by atoms with Crippen molar-refractivity contribution in [2.75, 3.05) is 5.73 Å². The van der Waals surface area contributed by atoms with Crippen molar-refractivity contribution in [1.82, 2.24) is 25.1 Å². The van der Waals surface area contributed by atoms with E-state index in [-0.39, 0.29) is 0 Å². The van der Waals surface area contributed by atoms with Gasteiger partial charge in [-0.1, -0.05) is 0 Å². The molecule has 17 heavy (non-hydrogen) atoms. The van der Waals surface area contributed by atoms with Crippen molar-refractivity contribution in [1.29, 1.82) is 0 Å². The lowest BCUT2D eigenvalue weighted by atomic mass is 10.3. The Morgan fingerprint density at radius 3 is 2.88 bits per heavy atom. The lowest BCUT2D eigenvalue weighted by Gasteiger charge is -2.01. The molecule has 1 aromatic carbocycles. The van der Waals surface area contributed by atoms with Crippen LogP contribution >= 0.6 is 11.8 Å². The first-order chi connectivity index (χ1) is 8.25. The summed E-state index contributed by atoms with van der Waals surface area (Å²) >= 11 is 1.43. The van der Waals surface area contributed by atoms with Gasteiger partial charge in [-0.25, -0.2) is 14.3 Å². The molecule has 0 bridgehead atoms. The predicted octanol–water partition coefficient (Wildman–Crippen LogP) is 1.08. The minimum absolute atomic E-state index is 0.545. The third-order valence-electron chi connectivity index (χ3n) is 2.28. The smallest absolute Gasteiger partial charge is 0.190 e. The van der Waals surface area contributed by atoms with Crippen molar-refractivity contribution in [3.05, 3.63) is 18.5 Å². The monoisotopic (exact) mass is 248 g/mol. The number of nitrogens with zero attached hydrogens (tertiary/aromatic N) is 5. The summed E-state index contributed by atoms with van der Waals surface area (Å²) in [6.45, 7) is 0. The van der Waals surface area contributed by atoms with Gasteiger partial charge in [0.25, 0.3) is 0 Å². The molecule has 0 aliphatic carbocycles. The SMILES string of the molecule is Cn1ncnc1Sc1ccc(N)c2nonc12. The predicted molar refractivity (Wildman–Crippen MR) is 61.3 cm³/mol. The first-order valence-corrected chi connectivity index (χ1v) is 5.60. The van der Waals surface area contributed by atoms with Gasteiger partial charge in [-0.3, -0.25) is 0 Å². The van der Waals surface area contributed by atoms with E-state index in [1.54, 1.807) is 10.7 Å². The van der Waals surface area contributed by atoms with Gasteiger partial charge in [-0.15, -0.1) is 0 Å². The van der Waals surface area contributed by atoms with Gasteiger partial charge in [0.2, 0.25) is 0 Å². The molecule has 0 fully saturated rings. The van der Waals surface area contributed by atoms with E-state index in [2.05, 4.69) is 20.4 Å². The van der Waals surface area contributed by atoms with Crippen molar-refractivity contribution in [3.63, 3.8) is 0 Å². The van der Waals surface area contributed by atoms with Crippen LogP contribution in [0.2, 0.25) is 0 Å². The molecule has 0 spiro atoms. The topological polar surface area (TPSA) is 95.7 Å². The second kappa shape index (κ2) is 3.74. The van der Waals surface area contributed by atoms with Crippen LogP contribution in [0.5, 0.6) is 0 Å². The Kier molecular flexibility index (Phi) is 2.22. The molecule has 86 valence electrons. The highest BCUT2D eigenvalue weighted by Crippen LogP contribution is 2.32. The van der Waals surface area contributed by atoms with E-state index in [9.17, 15) is 0 Å². The number of benzene rings is 1. The Balaban J connectivity index is 2.09. The molecule has 7 nitrogen and oxygen atoms in total. The lowest BCUT2D eigenvalue weighted by molar-refractivity contribution is 0.315. The Morgan fingerprint density at radius 1 is 1.29 bits per heavy atom. The normalized spacial score (nSPS) is 11.1. The van der Waals surface area contributed by atoms with Crippen LogP contribution in [0.3, 0.4) is 0 Å². The fraction of sp³-hybridized carbons (Fsp3) is 0.111. The minimum Gasteiger partial charge on any atom is -0.397 e. The minimum atomic E-state index is 0.545. The number of nitrogens with two attached hydrogens (primary N) is 1. The van der Waals surface area contributed by atoms with E-state index in [0.717, 1.165) is 10.1 Å². The van der Waals surface area contributed by atoms with Crippen LogP contribution < -0.4 is 5.73 Å². The Morgan fingerprint density at radius 2 is 2.12 bits per heavy atom. The molecule has 0 aliphatic heterocycles. The van der Waals surface area contributed by atoms with Crippen molar-refractivity contribution in [2.45, 2.75) is 10.1 Å². The summed E-state index contributed by atoms with van der Waals surface area (Å²) in [4.78, 5) is 5.01.